The van der Waals surface area contributed by atoms with E-state index in [1.54, 1.807) is 0 Å². The summed E-state index contributed by atoms with van der Waals surface area (Å²) >= 11 is 0. The maximum atomic E-state index is 12.3. The second-order valence-electron chi connectivity index (χ2n) is 5.88. The first-order valence-electron chi connectivity index (χ1n) is 7.22. The van der Waals surface area contributed by atoms with Crippen LogP contribution in [0.2, 0.25) is 0 Å². The van der Waals surface area contributed by atoms with Gasteiger partial charge in [-0.25, -0.2) is 4.79 Å². The van der Waals surface area contributed by atoms with E-state index in [0.717, 1.165) is 12.8 Å². The van der Waals surface area contributed by atoms with Crippen LogP contribution >= 0.6 is 0 Å². The van der Waals surface area contributed by atoms with E-state index in [-0.39, 0.29) is 23.8 Å². The van der Waals surface area contributed by atoms with Crippen molar-refractivity contribution in [1.82, 2.24) is 5.32 Å². The number of nitrogens with one attached hydrogen (secondary N) is 1. The van der Waals surface area contributed by atoms with Gasteiger partial charge in [0.15, 0.2) is 17.0 Å². The first-order chi connectivity index (χ1) is 10.3. The van der Waals surface area contributed by atoms with Gasteiger partial charge in [-0.1, -0.05) is 6.07 Å². The van der Waals surface area contributed by atoms with Crippen LogP contribution in [0.5, 0.6) is 11.5 Å². The van der Waals surface area contributed by atoms with Gasteiger partial charge in [0.2, 0.25) is 0 Å². The summed E-state index contributed by atoms with van der Waals surface area (Å²) in [5.41, 5.74) is 3.70. The number of benzene rings is 1. The van der Waals surface area contributed by atoms with Crippen molar-refractivity contribution in [3.63, 3.8) is 0 Å². The Hall–Kier alpha value is -2.28. The molecule has 0 radical (unpaired) electrons. The molecule has 0 bridgehead atoms. The highest BCUT2D eigenvalue weighted by atomic mass is 16.4. The van der Waals surface area contributed by atoms with Crippen molar-refractivity contribution in [1.29, 1.82) is 0 Å². The Kier molecular flexibility index (Phi) is 4.56. The van der Waals surface area contributed by atoms with Gasteiger partial charge in [-0.2, -0.15) is 0 Å². The largest absolute Gasteiger partial charge is 0.504 e. The van der Waals surface area contributed by atoms with Crippen molar-refractivity contribution in [2.75, 3.05) is 0 Å². The van der Waals surface area contributed by atoms with Gasteiger partial charge in [-0.05, 0) is 30.5 Å². The predicted octanol–water partition coefficient (Wildman–Crippen LogP) is -0.236. The van der Waals surface area contributed by atoms with Crippen LogP contribution in [0, 0.1) is 0 Å². The van der Waals surface area contributed by atoms with Gasteiger partial charge in [0, 0.05) is 19.3 Å². The number of aliphatic carboxylic acids is 1. The number of rotatable bonds is 5. The number of amides is 1. The molecule has 22 heavy (non-hydrogen) atoms. The lowest BCUT2D eigenvalue weighted by Crippen LogP contribution is -2.78. The fourth-order valence-electron chi connectivity index (χ4n) is 2.72. The zero-order valence-corrected chi connectivity index (χ0v) is 12.2. The smallest absolute Gasteiger partial charge is 0.326 e. The van der Waals surface area contributed by atoms with Crippen molar-refractivity contribution >= 4 is 11.9 Å². The van der Waals surface area contributed by atoms with Crippen molar-refractivity contribution in [2.45, 2.75) is 43.7 Å². The van der Waals surface area contributed by atoms with Crippen LogP contribution in [-0.4, -0.2) is 38.8 Å². The summed E-state index contributed by atoms with van der Waals surface area (Å²) in [7, 11) is 0. The average molecular weight is 309 g/mol. The summed E-state index contributed by atoms with van der Waals surface area (Å²) in [6.45, 7) is 0. The van der Waals surface area contributed by atoms with E-state index in [0.29, 0.717) is 18.4 Å². The van der Waals surface area contributed by atoms with Gasteiger partial charge < -0.3 is 26.4 Å². The summed E-state index contributed by atoms with van der Waals surface area (Å²) in [5, 5.41) is 30.5. The lowest BCUT2D eigenvalue weighted by atomic mass is 9.96. The normalized spacial score (nSPS) is 17.9. The minimum absolute atomic E-state index is 0.0188. The number of aromatic hydroxyl groups is 2. The molecule has 0 unspecified atom stereocenters. The van der Waals surface area contributed by atoms with Crippen LogP contribution in [0.25, 0.3) is 0 Å². The van der Waals surface area contributed by atoms with Gasteiger partial charge in [0.05, 0.1) is 0 Å². The molecule has 1 saturated carbocycles. The lowest BCUT2D eigenvalue weighted by Gasteiger charge is -2.22. The monoisotopic (exact) mass is 309 g/mol. The van der Waals surface area contributed by atoms with E-state index in [9.17, 15) is 24.9 Å². The number of quaternary nitrogens is 1. The maximum absolute atomic E-state index is 12.3. The Balaban J connectivity index is 2.08. The first kappa shape index (κ1) is 16.1. The van der Waals surface area contributed by atoms with E-state index in [2.05, 4.69) is 11.1 Å². The van der Waals surface area contributed by atoms with Crippen LogP contribution in [-0.2, 0) is 16.0 Å². The third kappa shape index (κ3) is 3.48. The average Bonchev–Trinajstić information content (AvgIpc) is 2.90. The third-order valence-electron chi connectivity index (χ3n) is 4.13. The molecule has 0 saturated heterocycles. The molecule has 7 nitrogen and oxygen atoms in total. The molecule has 0 heterocycles. The summed E-state index contributed by atoms with van der Waals surface area (Å²) in [5.74, 6) is -2.09. The Morgan fingerprint density at radius 2 is 1.86 bits per heavy atom. The minimum Gasteiger partial charge on any atom is -0.504 e. The number of carbonyl (C=O) groups excluding carboxylic acids is 1. The molecule has 0 aromatic heterocycles. The highest BCUT2D eigenvalue weighted by Gasteiger charge is 2.42. The Bertz CT molecular complexity index is 581. The topological polar surface area (TPSA) is 134 Å². The van der Waals surface area contributed by atoms with Crippen molar-refractivity contribution in [3.8, 4) is 11.5 Å². The Morgan fingerprint density at radius 1 is 1.23 bits per heavy atom. The van der Waals surface area contributed by atoms with Gasteiger partial charge in [-0.3, -0.25) is 4.79 Å². The second kappa shape index (κ2) is 6.23. The van der Waals surface area contributed by atoms with Crippen LogP contribution in [0.4, 0.5) is 0 Å². The SMILES string of the molecule is [NH3+]C1(C(=O)N[C@@H](Cc2ccc(O)c(O)c2)C(=O)O)CCCC1. The molecular weight excluding hydrogens is 288 g/mol. The van der Waals surface area contributed by atoms with Crippen LogP contribution in [0.1, 0.15) is 31.2 Å². The van der Waals surface area contributed by atoms with Gasteiger partial charge in [0.25, 0.3) is 5.91 Å². The number of phenolic OH excluding ortho intramolecular Hbond substituents is 2. The van der Waals surface area contributed by atoms with E-state index in [1.807, 2.05) is 0 Å². The van der Waals surface area contributed by atoms with Gasteiger partial charge >= 0.3 is 5.97 Å². The van der Waals surface area contributed by atoms with Crippen LogP contribution in [0.3, 0.4) is 0 Å². The summed E-state index contributed by atoms with van der Waals surface area (Å²) in [6, 6.07) is 2.97. The Morgan fingerprint density at radius 3 is 2.41 bits per heavy atom. The molecule has 7 heteroatoms. The number of hydrogen-bond acceptors (Lipinski definition) is 4. The molecule has 1 aliphatic carbocycles. The van der Waals surface area contributed by atoms with Gasteiger partial charge in [-0.15, -0.1) is 0 Å². The number of carboxylic acid groups (broad SMARTS) is 1. The molecule has 0 spiro atoms. The fourth-order valence-corrected chi connectivity index (χ4v) is 2.72. The first-order valence-corrected chi connectivity index (χ1v) is 7.22. The van der Waals surface area contributed by atoms with Crippen molar-refractivity contribution in [3.05, 3.63) is 23.8 Å². The Labute approximate surface area is 127 Å². The maximum Gasteiger partial charge on any atom is 0.326 e. The second-order valence-corrected chi connectivity index (χ2v) is 5.88. The van der Waals surface area contributed by atoms with Crippen LogP contribution < -0.4 is 11.1 Å². The molecule has 120 valence electrons. The summed E-state index contributed by atoms with van der Waals surface area (Å²) in [6.07, 6.45) is 3.17. The quantitative estimate of drug-likeness (QED) is 0.479. The molecule has 1 aliphatic rings. The number of carboxylic acids is 1. The standard InChI is InChI=1S/C15H20N2O5/c16-15(5-1-2-6-15)14(22)17-10(13(20)21)7-9-3-4-11(18)12(19)8-9/h3-4,8,10,18-19H,1-2,5-7,16H2,(H,17,22)(H,20,21)/p+1/t10-/m0/s1. The van der Waals surface area contributed by atoms with E-state index in [4.69, 9.17) is 0 Å². The van der Waals surface area contributed by atoms with E-state index in [1.165, 1.54) is 18.2 Å². The molecule has 0 aliphatic heterocycles. The highest BCUT2D eigenvalue weighted by Crippen LogP contribution is 2.27. The molecule has 1 aromatic rings. The number of hydrogen-bond donors (Lipinski definition) is 5. The zero-order chi connectivity index (χ0) is 16.3. The van der Waals surface area contributed by atoms with Gasteiger partial charge in [0.1, 0.15) is 6.04 Å². The molecule has 1 aromatic carbocycles. The van der Waals surface area contributed by atoms with E-state index >= 15 is 0 Å². The number of carbonyl (C=O) groups is 2. The number of phenols is 2. The molecule has 2 rings (SSSR count). The zero-order valence-electron chi connectivity index (χ0n) is 12.2. The third-order valence-corrected chi connectivity index (χ3v) is 4.13. The molecule has 1 amide bonds. The van der Waals surface area contributed by atoms with Crippen LogP contribution in [0.15, 0.2) is 18.2 Å². The highest BCUT2D eigenvalue weighted by molar-refractivity contribution is 5.89. The van der Waals surface area contributed by atoms with Crippen molar-refractivity contribution < 1.29 is 30.6 Å². The molecule has 1 atom stereocenters. The van der Waals surface area contributed by atoms with Crippen molar-refractivity contribution in [2.24, 2.45) is 0 Å². The molecular formula is C15H21N2O5+. The molecule has 7 N–H and O–H groups in total. The summed E-state index contributed by atoms with van der Waals surface area (Å²) < 4.78 is 0. The molecule has 1 fully saturated rings. The lowest BCUT2D eigenvalue weighted by molar-refractivity contribution is -0.456. The predicted molar refractivity (Wildman–Crippen MR) is 77.1 cm³/mol. The minimum atomic E-state index is -1.15. The fraction of sp³-hybridized carbons (Fsp3) is 0.467. The summed E-state index contributed by atoms with van der Waals surface area (Å²) in [4.78, 5) is 23.6. The van der Waals surface area contributed by atoms with E-state index < -0.39 is 17.6 Å².